The lowest BCUT2D eigenvalue weighted by Crippen LogP contribution is -2.27. The van der Waals surface area contributed by atoms with E-state index in [1.807, 2.05) is 36.8 Å². The first kappa shape index (κ1) is 19.6. The molecule has 146 valence electrons. The number of nitrogens with one attached hydrogen (secondary N) is 1. The fourth-order valence-corrected chi connectivity index (χ4v) is 3.72. The third kappa shape index (κ3) is 4.23. The summed E-state index contributed by atoms with van der Waals surface area (Å²) in [6, 6.07) is 8.64. The van der Waals surface area contributed by atoms with Gasteiger partial charge in [0.25, 0.3) is 5.91 Å². The highest BCUT2D eigenvalue weighted by Crippen LogP contribution is 2.23. The molecule has 28 heavy (non-hydrogen) atoms. The van der Waals surface area contributed by atoms with Crippen LogP contribution in [0.2, 0.25) is 0 Å². The van der Waals surface area contributed by atoms with Gasteiger partial charge in [-0.1, -0.05) is 12.1 Å². The topological polar surface area (TPSA) is 93.5 Å². The van der Waals surface area contributed by atoms with Crippen LogP contribution in [0.4, 0.5) is 0 Å². The molecule has 2 heterocycles. The number of rotatable bonds is 7. The average molecular weight is 399 g/mol. The molecule has 2 N–H and O–H groups in total. The van der Waals surface area contributed by atoms with Crippen LogP contribution in [-0.2, 0) is 4.79 Å². The Morgan fingerprint density at radius 2 is 2.00 bits per heavy atom. The van der Waals surface area contributed by atoms with Crippen LogP contribution in [0, 0.1) is 13.8 Å². The molecule has 1 unspecified atom stereocenters. The second kappa shape index (κ2) is 8.26. The fraction of sp³-hybridized carbons (Fsp3) is 0.250. The molecule has 2 aromatic heterocycles. The predicted octanol–water partition coefficient (Wildman–Crippen LogP) is 3.51. The number of amides is 1. The van der Waals surface area contributed by atoms with Crippen molar-refractivity contribution in [3.05, 3.63) is 64.4 Å². The van der Waals surface area contributed by atoms with Crippen molar-refractivity contribution in [1.29, 1.82) is 0 Å². The molecule has 0 aliphatic carbocycles. The van der Waals surface area contributed by atoms with E-state index in [0.29, 0.717) is 11.3 Å². The molecule has 0 aliphatic rings. The number of thiazole rings is 1. The number of ether oxygens (including phenoxy) is 1. The summed E-state index contributed by atoms with van der Waals surface area (Å²) < 4.78 is 7.10. The van der Waals surface area contributed by atoms with Crippen LogP contribution < -0.4 is 10.1 Å². The van der Waals surface area contributed by atoms with E-state index in [1.165, 1.54) is 11.3 Å². The zero-order valence-corrected chi connectivity index (χ0v) is 16.6. The Labute approximate surface area is 166 Å². The molecule has 0 fully saturated rings. The molecule has 0 spiro atoms. The van der Waals surface area contributed by atoms with E-state index in [4.69, 9.17) is 9.84 Å². The van der Waals surface area contributed by atoms with Gasteiger partial charge in [0, 0.05) is 23.0 Å². The number of hydrogen-bond acceptors (Lipinski definition) is 5. The zero-order valence-electron chi connectivity index (χ0n) is 15.8. The number of carbonyl (C=O) groups excluding carboxylic acids is 1. The van der Waals surface area contributed by atoms with E-state index in [9.17, 15) is 9.59 Å². The van der Waals surface area contributed by atoms with Gasteiger partial charge in [-0.05, 0) is 44.5 Å². The molecule has 3 aromatic rings. The SMILES string of the molecule is Cc1cc(C(=O)NC(C)c2ccc(OCC(=O)O)cc2)c(C)n1-c1nccs1. The van der Waals surface area contributed by atoms with Gasteiger partial charge in [0.15, 0.2) is 11.7 Å². The van der Waals surface area contributed by atoms with Crippen molar-refractivity contribution < 1.29 is 19.4 Å². The van der Waals surface area contributed by atoms with E-state index in [-0.39, 0.29) is 18.6 Å². The van der Waals surface area contributed by atoms with Gasteiger partial charge in [-0.15, -0.1) is 11.3 Å². The summed E-state index contributed by atoms with van der Waals surface area (Å²) in [5.41, 5.74) is 3.30. The minimum absolute atomic E-state index is 0.158. The lowest BCUT2D eigenvalue weighted by molar-refractivity contribution is -0.139. The van der Waals surface area contributed by atoms with Gasteiger partial charge < -0.3 is 15.2 Å². The first-order chi connectivity index (χ1) is 13.4. The third-order valence-electron chi connectivity index (χ3n) is 4.38. The second-order valence-electron chi connectivity index (χ2n) is 6.38. The molecule has 0 saturated heterocycles. The monoisotopic (exact) mass is 399 g/mol. The van der Waals surface area contributed by atoms with Gasteiger partial charge in [0.05, 0.1) is 11.6 Å². The molecular formula is C20H21N3O4S. The van der Waals surface area contributed by atoms with Crippen molar-refractivity contribution >= 4 is 23.2 Å². The average Bonchev–Trinajstić information content (AvgIpc) is 3.28. The summed E-state index contributed by atoms with van der Waals surface area (Å²) in [6.07, 6.45) is 1.74. The van der Waals surface area contributed by atoms with Crippen molar-refractivity contribution in [3.8, 4) is 10.9 Å². The molecule has 0 radical (unpaired) electrons. The van der Waals surface area contributed by atoms with E-state index < -0.39 is 5.97 Å². The maximum absolute atomic E-state index is 12.8. The molecule has 1 aromatic carbocycles. The van der Waals surface area contributed by atoms with Gasteiger partial charge in [-0.3, -0.25) is 9.36 Å². The maximum Gasteiger partial charge on any atom is 0.341 e. The number of aryl methyl sites for hydroxylation is 1. The van der Waals surface area contributed by atoms with Crippen molar-refractivity contribution in [2.24, 2.45) is 0 Å². The lowest BCUT2D eigenvalue weighted by Gasteiger charge is -2.15. The Bertz CT molecular complexity index is 978. The Hall–Kier alpha value is -3.13. The summed E-state index contributed by atoms with van der Waals surface area (Å²) in [7, 11) is 0. The number of aliphatic carboxylic acids is 1. The molecule has 0 aliphatic heterocycles. The number of nitrogens with zero attached hydrogens (tertiary/aromatic N) is 2. The second-order valence-corrected chi connectivity index (χ2v) is 7.25. The Balaban J connectivity index is 1.71. The van der Waals surface area contributed by atoms with Crippen molar-refractivity contribution in [2.45, 2.75) is 26.8 Å². The molecule has 7 nitrogen and oxygen atoms in total. The minimum atomic E-state index is -1.03. The van der Waals surface area contributed by atoms with Crippen LogP contribution in [0.15, 0.2) is 41.9 Å². The highest BCUT2D eigenvalue weighted by Gasteiger charge is 2.19. The minimum Gasteiger partial charge on any atom is -0.482 e. The first-order valence-corrected chi connectivity index (χ1v) is 9.59. The van der Waals surface area contributed by atoms with E-state index in [2.05, 4.69) is 10.3 Å². The van der Waals surface area contributed by atoms with Gasteiger partial charge in [-0.25, -0.2) is 9.78 Å². The fourth-order valence-electron chi connectivity index (χ4n) is 2.97. The summed E-state index contributed by atoms with van der Waals surface area (Å²) in [4.78, 5) is 27.7. The quantitative estimate of drug-likeness (QED) is 0.634. The Morgan fingerprint density at radius 3 is 2.61 bits per heavy atom. The van der Waals surface area contributed by atoms with E-state index in [0.717, 1.165) is 22.1 Å². The Kier molecular flexibility index (Phi) is 5.79. The van der Waals surface area contributed by atoms with Crippen LogP contribution in [0.1, 0.15) is 40.3 Å². The summed E-state index contributed by atoms with van der Waals surface area (Å²) in [5, 5.41) is 14.4. The molecule has 1 amide bonds. The smallest absolute Gasteiger partial charge is 0.341 e. The highest BCUT2D eigenvalue weighted by atomic mass is 32.1. The number of benzene rings is 1. The maximum atomic E-state index is 12.8. The van der Waals surface area contributed by atoms with Crippen LogP contribution in [0.25, 0.3) is 5.13 Å². The number of carboxylic acids is 1. The van der Waals surface area contributed by atoms with E-state index in [1.54, 1.807) is 30.5 Å². The van der Waals surface area contributed by atoms with Gasteiger partial charge in [0.2, 0.25) is 0 Å². The highest BCUT2D eigenvalue weighted by molar-refractivity contribution is 7.12. The largest absolute Gasteiger partial charge is 0.482 e. The standard InChI is InChI=1S/C20H21N3O4S/c1-12-10-17(14(3)23(12)20-21-8-9-28-20)19(26)22-13(2)15-4-6-16(7-5-15)27-11-18(24)25/h4-10,13H,11H2,1-3H3,(H,22,26)(H,24,25). The first-order valence-electron chi connectivity index (χ1n) is 8.71. The van der Waals surface area contributed by atoms with Crippen LogP contribution >= 0.6 is 11.3 Å². The molecular weight excluding hydrogens is 378 g/mol. The molecule has 3 rings (SSSR count). The zero-order chi connectivity index (χ0) is 20.3. The summed E-state index contributed by atoms with van der Waals surface area (Å²) in [5.74, 6) is -0.716. The van der Waals surface area contributed by atoms with Gasteiger partial charge in [-0.2, -0.15) is 0 Å². The van der Waals surface area contributed by atoms with Crippen LogP contribution in [0.5, 0.6) is 5.75 Å². The van der Waals surface area contributed by atoms with Crippen molar-refractivity contribution in [1.82, 2.24) is 14.9 Å². The van der Waals surface area contributed by atoms with Crippen LogP contribution in [0.3, 0.4) is 0 Å². The third-order valence-corrected chi connectivity index (χ3v) is 5.13. The molecule has 0 bridgehead atoms. The molecule has 8 heteroatoms. The lowest BCUT2D eigenvalue weighted by atomic mass is 10.1. The number of carbonyl (C=O) groups is 2. The normalized spacial score (nSPS) is 11.8. The summed E-state index contributed by atoms with van der Waals surface area (Å²) >= 11 is 1.52. The predicted molar refractivity (Wildman–Crippen MR) is 106 cm³/mol. The molecule has 0 saturated carbocycles. The summed E-state index contributed by atoms with van der Waals surface area (Å²) in [6.45, 7) is 5.36. The number of carboxylic acid groups (broad SMARTS) is 1. The van der Waals surface area contributed by atoms with E-state index >= 15 is 0 Å². The number of hydrogen-bond donors (Lipinski definition) is 2. The van der Waals surface area contributed by atoms with Gasteiger partial charge >= 0.3 is 5.97 Å². The Morgan fingerprint density at radius 1 is 1.29 bits per heavy atom. The van der Waals surface area contributed by atoms with Crippen molar-refractivity contribution in [2.75, 3.05) is 6.61 Å². The number of aromatic nitrogens is 2. The van der Waals surface area contributed by atoms with Crippen molar-refractivity contribution in [3.63, 3.8) is 0 Å². The van der Waals surface area contributed by atoms with Gasteiger partial charge in [0.1, 0.15) is 5.75 Å². The van der Waals surface area contributed by atoms with Crippen LogP contribution in [-0.4, -0.2) is 33.1 Å². The molecule has 1 atom stereocenters.